The average molecular weight is 362 g/mol. The molecule has 0 aromatic heterocycles. The number of amides is 2. The van der Waals surface area contributed by atoms with Crippen LogP contribution in [0.5, 0.6) is 11.5 Å². The van der Waals surface area contributed by atoms with Crippen molar-refractivity contribution < 1.29 is 9.53 Å². The number of hydrogen-bond acceptors (Lipinski definition) is 3. The van der Waals surface area contributed by atoms with Gasteiger partial charge in [0.05, 0.1) is 5.71 Å². The predicted molar refractivity (Wildman–Crippen MR) is 90.2 cm³/mol. The fraction of sp³-hybridized carbons (Fsp3) is 0.125. The van der Waals surface area contributed by atoms with Crippen molar-refractivity contribution in [2.24, 2.45) is 10.8 Å². The third kappa shape index (κ3) is 4.60. The standard InChI is InChI=1S/C16H16BrN3O2/c1-2-15(19-20-16(18)21)11-3-7-13(8-4-11)22-14-9-5-12(17)6-10-14/h3-10H,2H2,1H3,(H3,18,20,21)/b19-15+. The second-order valence-electron chi connectivity index (χ2n) is 4.47. The number of carbonyl (C=O) groups excluding carboxylic acids is 1. The minimum Gasteiger partial charge on any atom is -0.457 e. The molecule has 0 unspecified atom stereocenters. The van der Waals surface area contributed by atoms with Crippen molar-refractivity contribution in [2.45, 2.75) is 13.3 Å². The molecule has 2 amide bonds. The van der Waals surface area contributed by atoms with Gasteiger partial charge >= 0.3 is 6.03 Å². The molecule has 0 heterocycles. The SMILES string of the molecule is CC/C(=N\NC(N)=O)c1ccc(Oc2ccc(Br)cc2)cc1. The van der Waals surface area contributed by atoms with Gasteiger partial charge in [-0.1, -0.05) is 22.9 Å². The van der Waals surface area contributed by atoms with Crippen LogP contribution < -0.4 is 15.9 Å². The molecule has 0 saturated carbocycles. The number of benzene rings is 2. The van der Waals surface area contributed by atoms with Gasteiger partial charge in [-0.15, -0.1) is 0 Å². The van der Waals surface area contributed by atoms with E-state index in [0.717, 1.165) is 27.2 Å². The third-order valence-corrected chi connectivity index (χ3v) is 3.40. The first-order valence-electron chi connectivity index (χ1n) is 6.74. The summed E-state index contributed by atoms with van der Waals surface area (Å²) in [5.41, 5.74) is 8.91. The van der Waals surface area contributed by atoms with Gasteiger partial charge in [0.15, 0.2) is 0 Å². The summed E-state index contributed by atoms with van der Waals surface area (Å²) < 4.78 is 6.75. The summed E-state index contributed by atoms with van der Waals surface area (Å²) in [6.07, 6.45) is 0.674. The number of hydrazone groups is 1. The zero-order valence-electron chi connectivity index (χ0n) is 12.0. The maximum atomic E-state index is 10.7. The zero-order chi connectivity index (χ0) is 15.9. The van der Waals surface area contributed by atoms with Gasteiger partial charge in [-0.2, -0.15) is 5.10 Å². The number of nitrogens with one attached hydrogen (secondary N) is 1. The Hall–Kier alpha value is -2.34. The fourth-order valence-corrected chi connectivity index (χ4v) is 2.09. The van der Waals surface area contributed by atoms with E-state index < -0.39 is 6.03 Å². The molecular weight excluding hydrogens is 346 g/mol. The van der Waals surface area contributed by atoms with Crippen LogP contribution in [0.1, 0.15) is 18.9 Å². The minimum atomic E-state index is -0.679. The Morgan fingerprint density at radius 2 is 1.68 bits per heavy atom. The average Bonchev–Trinajstić information content (AvgIpc) is 2.51. The summed E-state index contributed by atoms with van der Waals surface area (Å²) in [5, 5.41) is 3.98. The number of rotatable bonds is 5. The molecule has 22 heavy (non-hydrogen) atoms. The highest BCUT2D eigenvalue weighted by Gasteiger charge is 2.03. The Kier molecular flexibility index (Phi) is 5.55. The molecule has 2 aromatic carbocycles. The van der Waals surface area contributed by atoms with Crippen LogP contribution in [0.2, 0.25) is 0 Å². The number of nitrogens with zero attached hydrogens (tertiary/aromatic N) is 1. The first-order valence-corrected chi connectivity index (χ1v) is 7.53. The largest absolute Gasteiger partial charge is 0.457 e. The molecule has 2 aromatic rings. The summed E-state index contributed by atoms with van der Waals surface area (Å²) in [5.74, 6) is 1.49. The highest BCUT2D eigenvalue weighted by Crippen LogP contribution is 2.23. The van der Waals surface area contributed by atoms with Crippen LogP contribution in [0.15, 0.2) is 58.1 Å². The normalized spacial score (nSPS) is 11.1. The smallest absolute Gasteiger partial charge is 0.332 e. The van der Waals surface area contributed by atoms with Crippen molar-refractivity contribution in [1.29, 1.82) is 0 Å². The highest BCUT2D eigenvalue weighted by molar-refractivity contribution is 9.10. The molecule has 0 aliphatic rings. The van der Waals surface area contributed by atoms with E-state index in [1.54, 1.807) is 0 Å². The maximum absolute atomic E-state index is 10.7. The minimum absolute atomic E-state index is 0.674. The predicted octanol–water partition coefficient (Wildman–Crippen LogP) is 4.02. The van der Waals surface area contributed by atoms with E-state index in [4.69, 9.17) is 10.5 Å². The molecule has 114 valence electrons. The number of urea groups is 1. The van der Waals surface area contributed by atoms with Gasteiger partial charge in [0.25, 0.3) is 0 Å². The quantitative estimate of drug-likeness (QED) is 0.623. The number of halogens is 1. The molecule has 0 fully saturated rings. The van der Waals surface area contributed by atoms with Crippen LogP contribution >= 0.6 is 15.9 Å². The molecule has 2 rings (SSSR count). The second-order valence-corrected chi connectivity index (χ2v) is 5.38. The number of hydrogen-bond donors (Lipinski definition) is 2. The Labute approximate surface area is 137 Å². The van der Waals surface area contributed by atoms with Crippen LogP contribution in [0.25, 0.3) is 0 Å². The van der Waals surface area contributed by atoms with Gasteiger partial charge < -0.3 is 10.5 Å². The van der Waals surface area contributed by atoms with Gasteiger partial charge in [-0.05, 0) is 60.5 Å². The van der Waals surface area contributed by atoms with Crippen molar-refractivity contribution in [1.82, 2.24) is 5.43 Å². The van der Waals surface area contributed by atoms with Crippen LogP contribution in [0, 0.1) is 0 Å². The molecule has 0 radical (unpaired) electrons. The van der Waals surface area contributed by atoms with Crippen molar-refractivity contribution in [3.63, 3.8) is 0 Å². The number of primary amides is 1. The molecule has 0 saturated heterocycles. The topological polar surface area (TPSA) is 76.7 Å². The van der Waals surface area contributed by atoms with Crippen LogP contribution in [-0.4, -0.2) is 11.7 Å². The maximum Gasteiger partial charge on any atom is 0.332 e. The van der Waals surface area contributed by atoms with Gasteiger partial charge in [0, 0.05) is 4.47 Å². The Balaban J connectivity index is 2.10. The van der Waals surface area contributed by atoms with E-state index in [1.165, 1.54) is 0 Å². The van der Waals surface area contributed by atoms with Crippen LogP contribution in [0.4, 0.5) is 4.79 Å². The molecule has 3 N–H and O–H groups in total. The van der Waals surface area contributed by atoms with Crippen molar-refractivity contribution in [3.8, 4) is 11.5 Å². The number of nitrogens with two attached hydrogens (primary N) is 1. The zero-order valence-corrected chi connectivity index (χ0v) is 13.6. The lowest BCUT2D eigenvalue weighted by atomic mass is 10.1. The summed E-state index contributed by atoms with van der Waals surface area (Å²) in [7, 11) is 0. The van der Waals surface area contributed by atoms with Crippen LogP contribution in [-0.2, 0) is 0 Å². The lowest BCUT2D eigenvalue weighted by molar-refractivity contribution is 0.249. The lowest BCUT2D eigenvalue weighted by Gasteiger charge is -2.08. The molecule has 0 aliphatic heterocycles. The monoisotopic (exact) mass is 361 g/mol. The molecule has 0 spiro atoms. The molecule has 0 bridgehead atoms. The van der Waals surface area contributed by atoms with Gasteiger partial charge in [0.1, 0.15) is 11.5 Å². The summed E-state index contributed by atoms with van der Waals surface area (Å²) in [4.78, 5) is 10.7. The van der Waals surface area contributed by atoms with Crippen molar-refractivity contribution in [3.05, 3.63) is 58.6 Å². The summed E-state index contributed by atoms with van der Waals surface area (Å²) in [6.45, 7) is 1.95. The Morgan fingerprint density at radius 1 is 1.14 bits per heavy atom. The first-order chi connectivity index (χ1) is 10.6. The highest BCUT2D eigenvalue weighted by atomic mass is 79.9. The Bertz CT molecular complexity index is 667. The van der Waals surface area contributed by atoms with Gasteiger partial charge in [-0.25, -0.2) is 10.2 Å². The lowest BCUT2D eigenvalue weighted by Crippen LogP contribution is -2.25. The first kappa shape index (κ1) is 16.0. The van der Waals surface area contributed by atoms with E-state index in [0.29, 0.717) is 6.42 Å². The number of ether oxygens (including phenoxy) is 1. The van der Waals surface area contributed by atoms with Crippen LogP contribution in [0.3, 0.4) is 0 Å². The molecule has 0 aliphatic carbocycles. The summed E-state index contributed by atoms with van der Waals surface area (Å²) >= 11 is 3.38. The Morgan fingerprint density at radius 3 is 2.18 bits per heavy atom. The van der Waals surface area contributed by atoms with Crippen molar-refractivity contribution in [2.75, 3.05) is 0 Å². The molecule has 0 atom stereocenters. The third-order valence-electron chi connectivity index (χ3n) is 2.87. The molecule has 6 heteroatoms. The van der Waals surface area contributed by atoms with E-state index >= 15 is 0 Å². The second kappa shape index (κ2) is 7.61. The van der Waals surface area contributed by atoms with E-state index in [-0.39, 0.29) is 0 Å². The van der Waals surface area contributed by atoms with Gasteiger partial charge in [-0.3, -0.25) is 0 Å². The molecular formula is C16H16BrN3O2. The van der Waals surface area contributed by atoms with Gasteiger partial charge in [0.2, 0.25) is 0 Å². The van der Waals surface area contributed by atoms with E-state index in [9.17, 15) is 4.79 Å². The fourth-order valence-electron chi connectivity index (χ4n) is 1.82. The van der Waals surface area contributed by atoms with E-state index in [1.807, 2.05) is 55.5 Å². The summed E-state index contributed by atoms with van der Waals surface area (Å²) in [6, 6.07) is 14.4. The number of carbonyl (C=O) groups is 1. The molecule has 5 nitrogen and oxygen atoms in total. The van der Waals surface area contributed by atoms with Crippen molar-refractivity contribution >= 4 is 27.7 Å². The van der Waals surface area contributed by atoms with E-state index in [2.05, 4.69) is 26.5 Å².